The molecule has 0 bridgehead atoms. The quantitative estimate of drug-likeness (QED) is 0.748. The molecule has 1 N–H and O–H groups in total. The normalized spacial score (nSPS) is 20.7. The number of hydrogen-bond donors (Lipinski definition) is 1. The van der Waals surface area contributed by atoms with Crippen LogP contribution in [0.5, 0.6) is 0 Å². The van der Waals surface area contributed by atoms with E-state index in [-0.39, 0.29) is 5.91 Å². The third kappa shape index (κ3) is 4.55. The highest BCUT2D eigenvalue weighted by Crippen LogP contribution is 2.29. The molecule has 1 aliphatic heterocycles. The first-order valence-corrected chi connectivity index (χ1v) is 8.19. The molecule has 5 nitrogen and oxygen atoms in total. The Labute approximate surface area is 137 Å². The molecular formula is C18H25NO4. The second kappa shape index (κ2) is 8.11. The standard InChI is InChI=1S/C18H25NO4/c1-18(17(21)22)11-6-12-19(18)16(20)9-5-13-23-14-10-15-7-3-2-4-8-15/h2-4,7-8H,5-6,9-14H2,1H3,(H,21,22). The molecule has 0 aliphatic carbocycles. The molecule has 0 spiro atoms. The Hall–Kier alpha value is -1.88. The van der Waals surface area contributed by atoms with Gasteiger partial charge in [-0.25, -0.2) is 4.79 Å². The van der Waals surface area contributed by atoms with Crippen LogP contribution in [0.3, 0.4) is 0 Å². The minimum atomic E-state index is -1.04. The van der Waals surface area contributed by atoms with Crippen molar-refractivity contribution in [3.8, 4) is 0 Å². The number of aliphatic carboxylic acids is 1. The molecule has 126 valence electrons. The lowest BCUT2D eigenvalue weighted by molar-refractivity contribution is -0.155. The Morgan fingerprint density at radius 2 is 2.00 bits per heavy atom. The minimum absolute atomic E-state index is 0.0842. The van der Waals surface area contributed by atoms with Crippen molar-refractivity contribution in [2.75, 3.05) is 19.8 Å². The Morgan fingerprint density at radius 1 is 1.26 bits per heavy atom. The summed E-state index contributed by atoms with van der Waals surface area (Å²) in [4.78, 5) is 25.1. The third-order valence-corrected chi connectivity index (χ3v) is 4.46. The summed E-state index contributed by atoms with van der Waals surface area (Å²) >= 11 is 0. The molecule has 0 saturated carbocycles. The van der Waals surface area contributed by atoms with E-state index in [1.165, 1.54) is 10.5 Å². The number of carboxylic acids is 1. The van der Waals surface area contributed by atoms with Gasteiger partial charge in [-0.05, 0) is 38.2 Å². The number of hydrogen-bond acceptors (Lipinski definition) is 3. The van der Waals surface area contributed by atoms with Gasteiger partial charge in [0.1, 0.15) is 5.54 Å². The maximum Gasteiger partial charge on any atom is 0.329 e. The zero-order valence-corrected chi connectivity index (χ0v) is 13.7. The van der Waals surface area contributed by atoms with Gasteiger partial charge in [-0.1, -0.05) is 30.3 Å². The summed E-state index contributed by atoms with van der Waals surface area (Å²) in [5.74, 6) is -0.999. The van der Waals surface area contributed by atoms with E-state index in [0.717, 1.165) is 12.8 Å². The van der Waals surface area contributed by atoms with Crippen LogP contribution in [0, 0.1) is 0 Å². The number of carbonyl (C=O) groups excluding carboxylic acids is 1. The summed E-state index contributed by atoms with van der Waals surface area (Å²) in [7, 11) is 0. The van der Waals surface area contributed by atoms with Crippen molar-refractivity contribution in [1.82, 2.24) is 4.90 Å². The summed E-state index contributed by atoms with van der Waals surface area (Å²) < 4.78 is 5.56. The molecule has 1 aromatic carbocycles. The fraction of sp³-hybridized carbons (Fsp3) is 0.556. The Balaban J connectivity index is 1.64. The molecular weight excluding hydrogens is 294 g/mol. The highest BCUT2D eigenvalue weighted by molar-refractivity contribution is 5.87. The molecule has 1 aliphatic rings. The van der Waals surface area contributed by atoms with Crippen molar-refractivity contribution < 1.29 is 19.4 Å². The molecule has 1 aromatic rings. The summed E-state index contributed by atoms with van der Waals surface area (Å²) in [5.41, 5.74) is 0.198. The van der Waals surface area contributed by atoms with Crippen molar-refractivity contribution >= 4 is 11.9 Å². The topological polar surface area (TPSA) is 66.8 Å². The van der Waals surface area contributed by atoms with E-state index in [1.54, 1.807) is 6.92 Å². The second-order valence-electron chi connectivity index (χ2n) is 6.18. The lowest BCUT2D eigenvalue weighted by atomic mass is 9.99. The highest BCUT2D eigenvalue weighted by atomic mass is 16.5. The van der Waals surface area contributed by atoms with E-state index in [4.69, 9.17) is 4.74 Å². The Morgan fingerprint density at radius 3 is 2.70 bits per heavy atom. The fourth-order valence-corrected chi connectivity index (χ4v) is 2.98. The van der Waals surface area contributed by atoms with Crippen LogP contribution in [-0.2, 0) is 20.7 Å². The average Bonchev–Trinajstić information content (AvgIpc) is 2.95. The maximum absolute atomic E-state index is 12.2. The molecule has 1 atom stereocenters. The Bertz CT molecular complexity index is 531. The molecule has 0 radical (unpaired) electrons. The van der Waals surface area contributed by atoms with Gasteiger partial charge in [0.05, 0.1) is 6.61 Å². The van der Waals surface area contributed by atoms with Gasteiger partial charge < -0.3 is 14.7 Å². The van der Waals surface area contributed by atoms with E-state index < -0.39 is 11.5 Å². The van der Waals surface area contributed by atoms with Crippen molar-refractivity contribution in [3.05, 3.63) is 35.9 Å². The summed E-state index contributed by atoms with van der Waals surface area (Å²) in [6, 6.07) is 10.1. The predicted molar refractivity (Wildman–Crippen MR) is 87.2 cm³/mol. The van der Waals surface area contributed by atoms with Crippen molar-refractivity contribution in [1.29, 1.82) is 0 Å². The number of rotatable bonds is 8. The average molecular weight is 319 g/mol. The molecule has 1 heterocycles. The molecule has 1 saturated heterocycles. The van der Waals surface area contributed by atoms with Gasteiger partial charge in [0, 0.05) is 19.6 Å². The van der Waals surface area contributed by atoms with Gasteiger partial charge in [-0.3, -0.25) is 4.79 Å². The minimum Gasteiger partial charge on any atom is -0.480 e. The molecule has 2 rings (SSSR count). The summed E-state index contributed by atoms with van der Waals surface area (Å²) in [5, 5.41) is 9.32. The van der Waals surface area contributed by atoms with E-state index in [1.807, 2.05) is 18.2 Å². The first-order chi connectivity index (χ1) is 11.0. The SMILES string of the molecule is CC1(C(=O)O)CCCN1C(=O)CCCOCCc1ccccc1. The maximum atomic E-state index is 12.2. The van der Waals surface area contributed by atoms with E-state index >= 15 is 0 Å². The number of benzene rings is 1. The second-order valence-corrected chi connectivity index (χ2v) is 6.18. The van der Waals surface area contributed by atoms with Gasteiger partial charge in [-0.2, -0.15) is 0 Å². The highest BCUT2D eigenvalue weighted by Gasteiger charge is 2.45. The van der Waals surface area contributed by atoms with Crippen molar-refractivity contribution in [3.63, 3.8) is 0 Å². The molecule has 1 unspecified atom stereocenters. The van der Waals surface area contributed by atoms with E-state index in [9.17, 15) is 14.7 Å². The molecule has 1 amide bonds. The number of amides is 1. The monoisotopic (exact) mass is 319 g/mol. The van der Waals surface area contributed by atoms with E-state index in [0.29, 0.717) is 39.0 Å². The first-order valence-electron chi connectivity index (χ1n) is 8.19. The molecule has 5 heteroatoms. The van der Waals surface area contributed by atoms with Crippen molar-refractivity contribution in [2.45, 2.75) is 44.6 Å². The van der Waals surface area contributed by atoms with Gasteiger partial charge >= 0.3 is 5.97 Å². The lowest BCUT2D eigenvalue weighted by Crippen LogP contribution is -2.50. The first kappa shape index (κ1) is 17.5. The number of carbonyl (C=O) groups is 2. The van der Waals surface area contributed by atoms with Gasteiger partial charge in [0.2, 0.25) is 5.91 Å². The van der Waals surface area contributed by atoms with Crippen LogP contribution in [0.25, 0.3) is 0 Å². The van der Waals surface area contributed by atoms with E-state index in [2.05, 4.69) is 12.1 Å². The molecule has 0 aromatic heterocycles. The lowest BCUT2D eigenvalue weighted by Gasteiger charge is -2.31. The van der Waals surface area contributed by atoms with Crippen LogP contribution in [0.4, 0.5) is 0 Å². The van der Waals surface area contributed by atoms with Crippen LogP contribution < -0.4 is 0 Å². The third-order valence-electron chi connectivity index (χ3n) is 4.46. The van der Waals surface area contributed by atoms with Crippen molar-refractivity contribution in [2.24, 2.45) is 0 Å². The largest absolute Gasteiger partial charge is 0.480 e. The summed E-state index contributed by atoms with van der Waals surface area (Å²) in [6.07, 6.45) is 3.11. The molecule has 1 fully saturated rings. The molecule has 23 heavy (non-hydrogen) atoms. The number of carboxylic acid groups (broad SMARTS) is 1. The van der Waals surface area contributed by atoms with Crippen LogP contribution in [0.2, 0.25) is 0 Å². The zero-order chi connectivity index (χ0) is 16.7. The number of nitrogens with zero attached hydrogens (tertiary/aromatic N) is 1. The number of likely N-dealkylation sites (tertiary alicyclic amines) is 1. The van der Waals surface area contributed by atoms with Gasteiger partial charge in [-0.15, -0.1) is 0 Å². The Kier molecular flexibility index (Phi) is 6.16. The van der Waals surface area contributed by atoms with Crippen LogP contribution >= 0.6 is 0 Å². The van der Waals surface area contributed by atoms with Crippen LogP contribution in [0.15, 0.2) is 30.3 Å². The zero-order valence-electron chi connectivity index (χ0n) is 13.7. The van der Waals surface area contributed by atoms with Crippen LogP contribution in [0.1, 0.15) is 38.2 Å². The fourth-order valence-electron chi connectivity index (χ4n) is 2.98. The number of ether oxygens (including phenoxy) is 1. The summed E-state index contributed by atoms with van der Waals surface area (Å²) in [6.45, 7) is 3.33. The smallest absolute Gasteiger partial charge is 0.329 e. The van der Waals surface area contributed by atoms with Crippen LogP contribution in [-0.4, -0.2) is 47.2 Å². The predicted octanol–water partition coefficient (Wildman–Crippen LogP) is 2.49. The van der Waals surface area contributed by atoms with Gasteiger partial charge in [0.15, 0.2) is 0 Å². The van der Waals surface area contributed by atoms with Gasteiger partial charge in [0.25, 0.3) is 0 Å².